The smallest absolute Gasteiger partial charge is 0.254 e. The van der Waals surface area contributed by atoms with E-state index in [0.717, 1.165) is 5.56 Å². The van der Waals surface area contributed by atoms with Crippen molar-refractivity contribution in [2.24, 2.45) is 0 Å². The first-order valence-corrected chi connectivity index (χ1v) is 10.9. The quantitative estimate of drug-likeness (QED) is 0.545. The molecule has 7 heteroatoms. The predicted octanol–water partition coefficient (Wildman–Crippen LogP) is 4.41. The van der Waals surface area contributed by atoms with Gasteiger partial charge in [-0.15, -0.1) is 0 Å². The molecule has 0 N–H and O–H groups in total. The standard InChI is InChI=1S/C27H27FN2O4/c1-29(16-17-10-6-5-7-11-17)27(32)24-19-14-22(33-3)23(34-4)15-20(19)26(31)30(2)25(24)18-12-8-9-13-21(18)28/h5-15,24-25H,16H2,1-4H3/t24-,25+/m0/s1. The van der Waals surface area contributed by atoms with Crippen LogP contribution in [0.3, 0.4) is 0 Å². The van der Waals surface area contributed by atoms with Crippen molar-refractivity contribution < 1.29 is 23.5 Å². The highest BCUT2D eigenvalue weighted by Crippen LogP contribution is 2.46. The summed E-state index contributed by atoms with van der Waals surface area (Å²) in [5.41, 5.74) is 2.07. The van der Waals surface area contributed by atoms with Crippen LogP contribution in [0.2, 0.25) is 0 Å². The average Bonchev–Trinajstić information content (AvgIpc) is 2.86. The Hall–Kier alpha value is -3.87. The molecular weight excluding hydrogens is 435 g/mol. The van der Waals surface area contributed by atoms with Gasteiger partial charge in [-0.2, -0.15) is 0 Å². The topological polar surface area (TPSA) is 59.1 Å². The number of carbonyl (C=O) groups is 2. The summed E-state index contributed by atoms with van der Waals surface area (Å²) < 4.78 is 25.8. The Bertz CT molecular complexity index is 1210. The van der Waals surface area contributed by atoms with Crippen LogP contribution in [0.1, 0.15) is 39.0 Å². The second-order valence-corrected chi connectivity index (χ2v) is 8.33. The first-order valence-electron chi connectivity index (χ1n) is 10.9. The molecule has 0 saturated heterocycles. The molecule has 6 nitrogen and oxygen atoms in total. The zero-order chi connectivity index (χ0) is 24.4. The number of hydrogen-bond acceptors (Lipinski definition) is 4. The van der Waals surface area contributed by atoms with E-state index in [1.165, 1.54) is 25.2 Å². The van der Waals surface area contributed by atoms with E-state index in [4.69, 9.17) is 9.47 Å². The molecule has 0 saturated carbocycles. The first kappa shape index (κ1) is 23.3. The van der Waals surface area contributed by atoms with Gasteiger partial charge in [-0.3, -0.25) is 9.59 Å². The van der Waals surface area contributed by atoms with Crippen molar-refractivity contribution in [1.29, 1.82) is 0 Å². The predicted molar refractivity (Wildman–Crippen MR) is 126 cm³/mol. The lowest BCUT2D eigenvalue weighted by atomic mass is 9.78. The Balaban J connectivity index is 1.87. The van der Waals surface area contributed by atoms with E-state index < -0.39 is 17.8 Å². The molecule has 0 bridgehead atoms. The van der Waals surface area contributed by atoms with Gasteiger partial charge in [0.25, 0.3) is 5.91 Å². The lowest BCUT2D eigenvalue weighted by Gasteiger charge is -2.41. The summed E-state index contributed by atoms with van der Waals surface area (Å²) in [4.78, 5) is 30.4. The van der Waals surface area contributed by atoms with Crippen LogP contribution in [0.5, 0.6) is 11.5 Å². The van der Waals surface area contributed by atoms with E-state index in [9.17, 15) is 14.0 Å². The molecule has 0 aliphatic carbocycles. The van der Waals surface area contributed by atoms with Gasteiger partial charge in [0.05, 0.1) is 26.2 Å². The number of rotatable bonds is 6. The van der Waals surface area contributed by atoms with Crippen molar-refractivity contribution in [2.75, 3.05) is 28.3 Å². The van der Waals surface area contributed by atoms with Crippen molar-refractivity contribution >= 4 is 11.8 Å². The lowest BCUT2D eigenvalue weighted by molar-refractivity contribution is -0.133. The maximum atomic E-state index is 15.0. The molecule has 1 aliphatic heterocycles. The molecule has 0 fully saturated rings. The van der Waals surface area contributed by atoms with Crippen molar-refractivity contribution in [3.05, 3.63) is 94.8 Å². The number of methoxy groups -OCH3 is 2. The third-order valence-electron chi connectivity index (χ3n) is 6.30. The van der Waals surface area contributed by atoms with Crippen LogP contribution < -0.4 is 9.47 Å². The molecule has 1 heterocycles. The Morgan fingerprint density at radius 1 is 0.971 bits per heavy atom. The molecule has 2 atom stereocenters. The SMILES string of the molecule is COc1cc2c(cc1OC)[C@H](C(=O)N(C)Cc1ccccc1)[C@@H](c1ccccc1F)N(C)C2=O. The van der Waals surface area contributed by atoms with Gasteiger partial charge in [0.2, 0.25) is 5.91 Å². The van der Waals surface area contributed by atoms with Crippen LogP contribution in [0.15, 0.2) is 66.7 Å². The van der Waals surface area contributed by atoms with E-state index in [1.807, 2.05) is 30.3 Å². The number of nitrogens with zero attached hydrogens (tertiary/aromatic N) is 2. The van der Waals surface area contributed by atoms with E-state index in [-0.39, 0.29) is 17.4 Å². The molecule has 1 aliphatic rings. The molecule has 3 aromatic rings. The van der Waals surface area contributed by atoms with E-state index in [0.29, 0.717) is 29.2 Å². The van der Waals surface area contributed by atoms with E-state index in [1.54, 1.807) is 49.3 Å². The minimum absolute atomic E-state index is 0.232. The number of benzene rings is 3. The van der Waals surface area contributed by atoms with Gasteiger partial charge in [-0.1, -0.05) is 48.5 Å². The maximum absolute atomic E-state index is 15.0. The van der Waals surface area contributed by atoms with E-state index >= 15 is 0 Å². The molecule has 0 spiro atoms. The highest BCUT2D eigenvalue weighted by Gasteiger charge is 2.45. The monoisotopic (exact) mass is 462 g/mol. The highest BCUT2D eigenvalue weighted by atomic mass is 19.1. The van der Waals surface area contributed by atoms with Crippen LogP contribution in [0.25, 0.3) is 0 Å². The summed E-state index contributed by atoms with van der Waals surface area (Å²) in [7, 11) is 6.29. The zero-order valence-corrected chi connectivity index (χ0v) is 19.6. The molecule has 4 rings (SSSR count). The highest BCUT2D eigenvalue weighted by molar-refractivity contribution is 6.02. The Labute approximate surface area is 198 Å². The normalized spacial score (nSPS) is 17.2. The summed E-state index contributed by atoms with van der Waals surface area (Å²) in [5.74, 6) is -1.09. The van der Waals surface area contributed by atoms with Crippen molar-refractivity contribution in [3.63, 3.8) is 0 Å². The minimum atomic E-state index is -0.844. The van der Waals surface area contributed by atoms with Gasteiger partial charge in [-0.25, -0.2) is 4.39 Å². The average molecular weight is 463 g/mol. The molecule has 0 aromatic heterocycles. The summed E-state index contributed by atoms with van der Waals surface area (Å²) in [6.07, 6.45) is 0. The molecule has 0 radical (unpaired) electrons. The largest absolute Gasteiger partial charge is 0.493 e. The molecule has 0 unspecified atom stereocenters. The number of fused-ring (bicyclic) bond motifs is 1. The van der Waals surface area contributed by atoms with Crippen LogP contribution in [-0.2, 0) is 11.3 Å². The molecule has 176 valence electrons. The minimum Gasteiger partial charge on any atom is -0.493 e. The molecule has 34 heavy (non-hydrogen) atoms. The summed E-state index contributed by atoms with van der Waals surface area (Å²) in [5, 5.41) is 0. The first-order chi connectivity index (χ1) is 16.4. The third-order valence-corrected chi connectivity index (χ3v) is 6.30. The van der Waals surface area contributed by atoms with Crippen molar-refractivity contribution in [1.82, 2.24) is 9.80 Å². The van der Waals surface area contributed by atoms with Gasteiger partial charge >= 0.3 is 0 Å². The van der Waals surface area contributed by atoms with Crippen LogP contribution in [-0.4, -0.2) is 49.9 Å². The molecular formula is C27H27FN2O4. The number of likely N-dealkylation sites (N-methyl/N-ethyl adjacent to an activating group) is 2. The summed E-state index contributed by atoms with van der Waals surface area (Å²) in [6.45, 7) is 0.375. The Kier molecular flexibility index (Phi) is 6.54. The number of halogens is 1. The zero-order valence-electron chi connectivity index (χ0n) is 19.6. The third kappa shape index (κ3) is 4.09. The van der Waals surface area contributed by atoms with Crippen molar-refractivity contribution in [2.45, 2.75) is 18.5 Å². The fourth-order valence-electron chi connectivity index (χ4n) is 4.59. The van der Waals surface area contributed by atoms with Crippen LogP contribution in [0.4, 0.5) is 4.39 Å². The van der Waals surface area contributed by atoms with Crippen LogP contribution >= 0.6 is 0 Å². The van der Waals surface area contributed by atoms with Gasteiger partial charge < -0.3 is 19.3 Å². The second-order valence-electron chi connectivity index (χ2n) is 8.33. The number of amides is 2. The Morgan fingerprint density at radius 3 is 2.24 bits per heavy atom. The fourth-order valence-corrected chi connectivity index (χ4v) is 4.59. The van der Waals surface area contributed by atoms with Gasteiger partial charge in [0, 0.05) is 31.8 Å². The lowest BCUT2D eigenvalue weighted by Crippen LogP contribution is -2.46. The summed E-state index contributed by atoms with van der Waals surface area (Å²) >= 11 is 0. The molecule has 3 aromatic carbocycles. The number of ether oxygens (including phenoxy) is 2. The van der Waals surface area contributed by atoms with Gasteiger partial charge in [-0.05, 0) is 29.3 Å². The fraction of sp³-hybridized carbons (Fsp3) is 0.259. The number of carbonyl (C=O) groups excluding carboxylic acids is 2. The second kappa shape index (κ2) is 9.55. The van der Waals surface area contributed by atoms with Crippen molar-refractivity contribution in [3.8, 4) is 11.5 Å². The molecule has 2 amide bonds. The van der Waals surface area contributed by atoms with Gasteiger partial charge in [0.1, 0.15) is 5.82 Å². The maximum Gasteiger partial charge on any atom is 0.254 e. The van der Waals surface area contributed by atoms with E-state index in [2.05, 4.69) is 0 Å². The Morgan fingerprint density at radius 2 is 1.59 bits per heavy atom. The summed E-state index contributed by atoms with van der Waals surface area (Å²) in [6, 6.07) is 18.3. The van der Waals surface area contributed by atoms with Crippen LogP contribution in [0, 0.1) is 5.82 Å². The van der Waals surface area contributed by atoms with Gasteiger partial charge in [0.15, 0.2) is 11.5 Å². The number of hydrogen-bond donors (Lipinski definition) is 0.